The number of fused-ring (bicyclic) bond motifs is 1. The lowest BCUT2D eigenvalue weighted by molar-refractivity contribution is 0.105. The van der Waals surface area contributed by atoms with E-state index in [1.165, 1.54) is 0 Å². The summed E-state index contributed by atoms with van der Waals surface area (Å²) in [7, 11) is 0. The largest absolute Gasteiger partial charge is 0.394 e. The first-order chi connectivity index (χ1) is 7.81. The molecule has 4 heteroatoms. The highest BCUT2D eigenvalue weighted by atomic mass is 16.3. The fraction of sp³-hybridized carbons (Fsp3) is 0.250. The predicted octanol–water partition coefficient (Wildman–Crippen LogP) is 1.000. The molecule has 4 nitrogen and oxygen atoms in total. The molecule has 0 amide bonds. The van der Waals surface area contributed by atoms with Crippen molar-refractivity contribution in [2.24, 2.45) is 0 Å². The third-order valence-corrected chi connectivity index (χ3v) is 2.39. The van der Waals surface area contributed by atoms with E-state index in [-0.39, 0.29) is 13.2 Å². The molecule has 2 rings (SSSR count). The summed E-state index contributed by atoms with van der Waals surface area (Å²) < 4.78 is 0. The van der Waals surface area contributed by atoms with E-state index in [0.717, 1.165) is 16.6 Å². The molecule has 1 aromatic heterocycles. The number of nitrogens with one attached hydrogen (secondary N) is 1. The molecule has 0 saturated heterocycles. The molecule has 0 aliphatic heterocycles. The number of aliphatic hydroxyl groups excluding tert-OH is 2. The van der Waals surface area contributed by atoms with Gasteiger partial charge in [0.1, 0.15) is 5.82 Å². The molecule has 3 N–H and O–H groups in total. The van der Waals surface area contributed by atoms with Crippen molar-refractivity contribution in [3.05, 3.63) is 36.5 Å². The zero-order valence-corrected chi connectivity index (χ0v) is 8.80. The highest BCUT2D eigenvalue weighted by molar-refractivity contribution is 5.91. The first-order valence-corrected chi connectivity index (χ1v) is 5.18. The first kappa shape index (κ1) is 10.9. The molecule has 2 aromatic rings. The SMILES string of the molecule is OCC(O)CNc1nccc2ccccc12. The molecule has 1 atom stereocenters. The van der Waals surface area contributed by atoms with Crippen molar-refractivity contribution < 1.29 is 10.2 Å². The van der Waals surface area contributed by atoms with Crippen molar-refractivity contribution in [2.75, 3.05) is 18.5 Å². The van der Waals surface area contributed by atoms with Crippen molar-refractivity contribution in [1.82, 2.24) is 4.98 Å². The quantitative estimate of drug-likeness (QED) is 0.716. The number of rotatable bonds is 4. The third-order valence-electron chi connectivity index (χ3n) is 2.39. The molecular formula is C12H14N2O2. The number of aliphatic hydroxyl groups is 2. The molecule has 1 heterocycles. The summed E-state index contributed by atoms with van der Waals surface area (Å²) >= 11 is 0. The average molecular weight is 218 g/mol. The van der Waals surface area contributed by atoms with Gasteiger partial charge in [-0.15, -0.1) is 0 Å². The number of nitrogens with zero attached hydrogens (tertiary/aromatic N) is 1. The summed E-state index contributed by atoms with van der Waals surface area (Å²) in [4.78, 5) is 4.21. The van der Waals surface area contributed by atoms with Gasteiger partial charge in [-0.1, -0.05) is 24.3 Å². The van der Waals surface area contributed by atoms with Crippen molar-refractivity contribution in [1.29, 1.82) is 0 Å². The smallest absolute Gasteiger partial charge is 0.133 e. The van der Waals surface area contributed by atoms with Crippen LogP contribution in [-0.4, -0.2) is 34.5 Å². The van der Waals surface area contributed by atoms with Crippen molar-refractivity contribution >= 4 is 16.6 Å². The van der Waals surface area contributed by atoms with E-state index in [1.54, 1.807) is 6.20 Å². The van der Waals surface area contributed by atoms with Gasteiger partial charge in [-0.2, -0.15) is 0 Å². The summed E-state index contributed by atoms with van der Waals surface area (Å²) in [5, 5.41) is 23.1. The summed E-state index contributed by atoms with van der Waals surface area (Å²) in [5.41, 5.74) is 0. The lowest BCUT2D eigenvalue weighted by atomic mass is 10.1. The average Bonchev–Trinajstić information content (AvgIpc) is 2.35. The van der Waals surface area contributed by atoms with Crippen molar-refractivity contribution in [3.8, 4) is 0 Å². The topological polar surface area (TPSA) is 65.4 Å². The fourth-order valence-corrected chi connectivity index (χ4v) is 1.54. The van der Waals surface area contributed by atoms with Crippen LogP contribution in [-0.2, 0) is 0 Å². The molecule has 1 unspecified atom stereocenters. The summed E-state index contributed by atoms with van der Waals surface area (Å²) in [5.74, 6) is 0.727. The van der Waals surface area contributed by atoms with Crippen LogP contribution < -0.4 is 5.32 Å². The number of hydrogen-bond donors (Lipinski definition) is 3. The molecule has 1 aromatic carbocycles. The Labute approximate surface area is 93.6 Å². The Kier molecular flexibility index (Phi) is 3.34. The maximum atomic E-state index is 9.25. The Morgan fingerprint density at radius 3 is 2.88 bits per heavy atom. The van der Waals surface area contributed by atoms with Crippen molar-refractivity contribution in [3.63, 3.8) is 0 Å². The summed E-state index contributed by atoms with van der Waals surface area (Å²) in [6, 6.07) is 9.82. The first-order valence-electron chi connectivity index (χ1n) is 5.18. The van der Waals surface area contributed by atoms with Gasteiger partial charge in [0.05, 0.1) is 12.7 Å². The highest BCUT2D eigenvalue weighted by Gasteiger charge is 2.04. The van der Waals surface area contributed by atoms with E-state index in [4.69, 9.17) is 5.11 Å². The van der Waals surface area contributed by atoms with Crippen LogP contribution in [0.3, 0.4) is 0 Å². The molecule has 84 valence electrons. The van der Waals surface area contributed by atoms with E-state index in [1.807, 2.05) is 30.3 Å². The number of aromatic nitrogens is 1. The number of anilines is 1. The lowest BCUT2D eigenvalue weighted by Crippen LogP contribution is -2.23. The Bertz CT molecular complexity index is 468. The number of benzene rings is 1. The lowest BCUT2D eigenvalue weighted by Gasteiger charge is -2.11. The van der Waals surface area contributed by atoms with Gasteiger partial charge < -0.3 is 15.5 Å². The van der Waals surface area contributed by atoms with Gasteiger partial charge in [0.25, 0.3) is 0 Å². The summed E-state index contributed by atoms with van der Waals surface area (Å²) in [6.07, 6.45) is 0.955. The van der Waals surface area contributed by atoms with Gasteiger partial charge in [0.2, 0.25) is 0 Å². The van der Waals surface area contributed by atoms with Gasteiger partial charge in [-0.25, -0.2) is 4.98 Å². The van der Waals surface area contributed by atoms with Gasteiger partial charge >= 0.3 is 0 Å². The zero-order chi connectivity index (χ0) is 11.4. The Hall–Kier alpha value is -1.65. The molecule has 16 heavy (non-hydrogen) atoms. The fourth-order valence-electron chi connectivity index (χ4n) is 1.54. The van der Waals surface area contributed by atoms with Crippen LogP contribution in [0.25, 0.3) is 10.8 Å². The maximum Gasteiger partial charge on any atom is 0.133 e. The Morgan fingerprint density at radius 1 is 1.25 bits per heavy atom. The van der Waals surface area contributed by atoms with Crippen LogP contribution >= 0.6 is 0 Å². The maximum absolute atomic E-state index is 9.25. The molecular weight excluding hydrogens is 204 g/mol. The Balaban J connectivity index is 2.23. The molecule has 0 radical (unpaired) electrons. The normalized spacial score (nSPS) is 12.6. The van der Waals surface area contributed by atoms with Gasteiger partial charge in [0.15, 0.2) is 0 Å². The third kappa shape index (κ3) is 2.29. The van der Waals surface area contributed by atoms with Crippen molar-refractivity contribution in [2.45, 2.75) is 6.10 Å². The molecule has 0 saturated carbocycles. The van der Waals surface area contributed by atoms with Crippen LogP contribution in [0.5, 0.6) is 0 Å². The zero-order valence-electron chi connectivity index (χ0n) is 8.80. The van der Waals surface area contributed by atoms with Crippen LogP contribution in [0, 0.1) is 0 Å². The van der Waals surface area contributed by atoms with E-state index < -0.39 is 6.10 Å². The molecule has 0 aliphatic rings. The van der Waals surface area contributed by atoms with Crippen LogP contribution in [0.2, 0.25) is 0 Å². The second-order valence-electron chi connectivity index (χ2n) is 3.60. The molecule has 0 fully saturated rings. The minimum atomic E-state index is -0.763. The predicted molar refractivity (Wildman–Crippen MR) is 63.3 cm³/mol. The van der Waals surface area contributed by atoms with Crippen LogP contribution in [0.1, 0.15) is 0 Å². The monoisotopic (exact) mass is 218 g/mol. The number of hydrogen-bond acceptors (Lipinski definition) is 4. The standard InChI is InChI=1S/C12H14N2O2/c15-8-10(16)7-14-12-11-4-2-1-3-9(11)5-6-13-12/h1-6,10,15-16H,7-8H2,(H,13,14). The minimum absolute atomic E-state index is 0.252. The second kappa shape index (κ2) is 4.92. The van der Waals surface area contributed by atoms with E-state index in [2.05, 4.69) is 10.3 Å². The Morgan fingerprint density at radius 2 is 2.06 bits per heavy atom. The number of pyridine rings is 1. The van der Waals surface area contributed by atoms with Crippen LogP contribution in [0.15, 0.2) is 36.5 Å². The van der Waals surface area contributed by atoms with Crippen LogP contribution in [0.4, 0.5) is 5.82 Å². The van der Waals surface area contributed by atoms with E-state index >= 15 is 0 Å². The minimum Gasteiger partial charge on any atom is -0.394 e. The highest BCUT2D eigenvalue weighted by Crippen LogP contribution is 2.19. The van der Waals surface area contributed by atoms with E-state index in [9.17, 15) is 5.11 Å². The van der Waals surface area contributed by atoms with E-state index in [0.29, 0.717) is 0 Å². The van der Waals surface area contributed by atoms with Gasteiger partial charge in [-0.05, 0) is 11.5 Å². The second-order valence-corrected chi connectivity index (χ2v) is 3.60. The summed E-state index contributed by atoms with van der Waals surface area (Å²) in [6.45, 7) is 0.0370. The molecule has 0 spiro atoms. The molecule has 0 bridgehead atoms. The van der Waals surface area contributed by atoms with Gasteiger partial charge in [0, 0.05) is 18.1 Å². The molecule has 0 aliphatic carbocycles. The van der Waals surface area contributed by atoms with Gasteiger partial charge in [-0.3, -0.25) is 0 Å².